The van der Waals surface area contributed by atoms with Crippen LogP contribution >= 0.6 is 15.9 Å². The van der Waals surface area contributed by atoms with Crippen molar-refractivity contribution in [2.75, 3.05) is 6.54 Å². The Morgan fingerprint density at radius 2 is 1.81 bits per heavy atom. The van der Waals surface area contributed by atoms with E-state index in [1.54, 1.807) is 0 Å². The second kappa shape index (κ2) is 6.02. The van der Waals surface area contributed by atoms with Crippen LogP contribution in [0.2, 0.25) is 0 Å². The Kier molecular flexibility index (Phi) is 4.11. The minimum absolute atomic E-state index is 0.0490. The first-order valence-corrected chi connectivity index (χ1v) is 8.18. The Bertz CT molecular complexity index is 663. The van der Waals surface area contributed by atoms with Gasteiger partial charge in [-0.3, -0.25) is 4.79 Å². The van der Waals surface area contributed by atoms with Gasteiger partial charge >= 0.3 is 0 Å². The maximum atomic E-state index is 12.1. The molecular weight excluding hydrogens is 326 g/mol. The summed E-state index contributed by atoms with van der Waals surface area (Å²) in [5, 5.41) is 2.96. The number of alkyl halides is 1. The van der Waals surface area contributed by atoms with Gasteiger partial charge < -0.3 is 5.32 Å². The number of fused-ring (bicyclic) bond motifs is 1. The van der Waals surface area contributed by atoms with Crippen LogP contribution in [0, 0.1) is 6.92 Å². The monoisotopic (exact) mass is 343 g/mol. The molecule has 0 saturated carbocycles. The molecule has 2 aromatic rings. The SMILES string of the molecule is Cc1ccc(C(Br)c2ccc3c(c2)C(=O)NCCC3)cc1. The number of aryl methyl sites for hydroxylation is 2. The molecule has 1 aliphatic rings. The molecule has 1 N–H and O–H groups in total. The summed E-state index contributed by atoms with van der Waals surface area (Å²) >= 11 is 3.75. The third-order valence-electron chi connectivity index (χ3n) is 3.95. The summed E-state index contributed by atoms with van der Waals surface area (Å²) in [5.74, 6) is 0.0490. The van der Waals surface area contributed by atoms with E-state index in [0.29, 0.717) is 0 Å². The van der Waals surface area contributed by atoms with Gasteiger partial charge in [-0.2, -0.15) is 0 Å². The molecule has 0 bridgehead atoms. The number of carbonyl (C=O) groups excluding carboxylic acids is 1. The Morgan fingerprint density at radius 3 is 2.57 bits per heavy atom. The second-order valence-corrected chi connectivity index (χ2v) is 6.46. The quantitative estimate of drug-likeness (QED) is 0.815. The molecule has 2 nitrogen and oxygen atoms in total. The molecule has 1 amide bonds. The third kappa shape index (κ3) is 3.03. The predicted molar refractivity (Wildman–Crippen MR) is 89.0 cm³/mol. The van der Waals surface area contributed by atoms with Crippen molar-refractivity contribution in [1.82, 2.24) is 5.32 Å². The van der Waals surface area contributed by atoms with Crippen molar-refractivity contribution in [3.05, 3.63) is 70.3 Å². The van der Waals surface area contributed by atoms with Crippen molar-refractivity contribution < 1.29 is 4.79 Å². The van der Waals surface area contributed by atoms with Crippen molar-refractivity contribution in [2.24, 2.45) is 0 Å². The predicted octanol–water partition coefficient (Wildman–Crippen LogP) is 4.16. The molecule has 0 aromatic heterocycles. The molecule has 1 heterocycles. The van der Waals surface area contributed by atoms with Crippen LogP contribution in [0.5, 0.6) is 0 Å². The maximum Gasteiger partial charge on any atom is 0.251 e. The fourth-order valence-electron chi connectivity index (χ4n) is 2.68. The number of nitrogens with one attached hydrogen (secondary N) is 1. The normalized spacial score (nSPS) is 15.8. The molecule has 21 heavy (non-hydrogen) atoms. The van der Waals surface area contributed by atoms with Crippen molar-refractivity contribution in [1.29, 1.82) is 0 Å². The van der Waals surface area contributed by atoms with Crippen LogP contribution in [0.3, 0.4) is 0 Å². The summed E-state index contributed by atoms with van der Waals surface area (Å²) in [7, 11) is 0. The van der Waals surface area contributed by atoms with Gasteiger partial charge in [0.2, 0.25) is 0 Å². The molecule has 3 heteroatoms. The summed E-state index contributed by atoms with van der Waals surface area (Å²) in [6.07, 6.45) is 1.97. The summed E-state index contributed by atoms with van der Waals surface area (Å²) in [6, 6.07) is 14.7. The average Bonchev–Trinajstić information content (AvgIpc) is 2.69. The molecule has 0 spiro atoms. The van der Waals surface area contributed by atoms with Crippen LogP contribution in [0.1, 0.15) is 43.9 Å². The zero-order valence-electron chi connectivity index (χ0n) is 12.0. The van der Waals surface area contributed by atoms with E-state index in [9.17, 15) is 4.79 Å². The van der Waals surface area contributed by atoms with E-state index < -0.39 is 0 Å². The largest absolute Gasteiger partial charge is 0.352 e. The third-order valence-corrected chi connectivity index (χ3v) is 5.01. The van der Waals surface area contributed by atoms with Gasteiger partial charge in [0.25, 0.3) is 5.91 Å². The van der Waals surface area contributed by atoms with E-state index in [4.69, 9.17) is 0 Å². The van der Waals surface area contributed by atoms with Gasteiger partial charge in [0.05, 0.1) is 4.83 Å². The van der Waals surface area contributed by atoms with Crippen LogP contribution in [0.25, 0.3) is 0 Å². The molecule has 1 aliphatic heterocycles. The second-order valence-electron chi connectivity index (χ2n) is 5.55. The highest BCUT2D eigenvalue weighted by Crippen LogP contribution is 2.32. The molecule has 0 aliphatic carbocycles. The summed E-state index contributed by atoms with van der Waals surface area (Å²) < 4.78 is 0. The highest BCUT2D eigenvalue weighted by molar-refractivity contribution is 9.09. The number of rotatable bonds is 2. The number of halogens is 1. The molecule has 3 rings (SSSR count). The standard InChI is InChI=1S/C18H18BrNO/c1-12-4-6-14(7-5-12)17(19)15-9-8-13-3-2-10-20-18(21)16(13)11-15/h4-9,11,17H,2-3,10H2,1H3,(H,20,21). The van der Waals surface area contributed by atoms with E-state index in [2.05, 4.69) is 64.6 Å². The first-order chi connectivity index (χ1) is 10.1. The molecule has 1 unspecified atom stereocenters. The van der Waals surface area contributed by atoms with Gasteiger partial charge in [-0.15, -0.1) is 0 Å². The lowest BCUT2D eigenvalue weighted by Crippen LogP contribution is -2.22. The highest BCUT2D eigenvalue weighted by Gasteiger charge is 2.18. The van der Waals surface area contributed by atoms with Crippen LogP contribution in [0.15, 0.2) is 42.5 Å². The molecular formula is C18H18BrNO. The van der Waals surface area contributed by atoms with Crippen LogP contribution in [-0.4, -0.2) is 12.5 Å². The van der Waals surface area contributed by atoms with Crippen LogP contribution in [-0.2, 0) is 6.42 Å². The Balaban J connectivity index is 1.96. The van der Waals surface area contributed by atoms with E-state index in [1.807, 2.05) is 6.07 Å². The first kappa shape index (κ1) is 14.3. The molecule has 0 saturated heterocycles. The summed E-state index contributed by atoms with van der Waals surface area (Å²) in [5.41, 5.74) is 5.54. The fourth-order valence-corrected chi connectivity index (χ4v) is 3.27. The lowest BCUT2D eigenvalue weighted by Gasteiger charge is -2.14. The van der Waals surface area contributed by atoms with Gasteiger partial charge in [0, 0.05) is 12.1 Å². The van der Waals surface area contributed by atoms with E-state index in [-0.39, 0.29) is 10.7 Å². The Hall–Kier alpha value is -1.61. The van der Waals surface area contributed by atoms with Gasteiger partial charge in [-0.05, 0) is 42.5 Å². The number of benzene rings is 2. The average molecular weight is 344 g/mol. The minimum atomic E-state index is 0.0490. The molecule has 0 fully saturated rings. The van der Waals surface area contributed by atoms with Gasteiger partial charge in [-0.25, -0.2) is 0 Å². The maximum absolute atomic E-state index is 12.1. The fraction of sp³-hybridized carbons (Fsp3) is 0.278. The molecule has 2 aromatic carbocycles. The van der Waals surface area contributed by atoms with Gasteiger partial charge in [-0.1, -0.05) is 57.9 Å². The molecule has 1 atom stereocenters. The van der Waals surface area contributed by atoms with Crippen LogP contribution in [0.4, 0.5) is 0 Å². The topological polar surface area (TPSA) is 29.1 Å². The minimum Gasteiger partial charge on any atom is -0.352 e. The zero-order valence-corrected chi connectivity index (χ0v) is 13.6. The van der Waals surface area contributed by atoms with E-state index in [0.717, 1.165) is 36.1 Å². The summed E-state index contributed by atoms with van der Waals surface area (Å²) in [4.78, 5) is 12.2. The van der Waals surface area contributed by atoms with E-state index >= 15 is 0 Å². The zero-order chi connectivity index (χ0) is 14.8. The Morgan fingerprint density at radius 1 is 1.10 bits per heavy atom. The van der Waals surface area contributed by atoms with Gasteiger partial charge in [0.1, 0.15) is 0 Å². The van der Waals surface area contributed by atoms with E-state index in [1.165, 1.54) is 11.1 Å². The highest BCUT2D eigenvalue weighted by atomic mass is 79.9. The number of hydrogen-bond donors (Lipinski definition) is 1. The van der Waals surface area contributed by atoms with Crippen molar-refractivity contribution in [3.8, 4) is 0 Å². The van der Waals surface area contributed by atoms with Crippen molar-refractivity contribution in [3.63, 3.8) is 0 Å². The first-order valence-electron chi connectivity index (χ1n) is 7.27. The summed E-state index contributed by atoms with van der Waals surface area (Å²) in [6.45, 7) is 2.85. The number of hydrogen-bond acceptors (Lipinski definition) is 1. The molecule has 0 radical (unpaired) electrons. The Labute approximate surface area is 133 Å². The number of carbonyl (C=O) groups is 1. The van der Waals surface area contributed by atoms with Crippen molar-refractivity contribution in [2.45, 2.75) is 24.6 Å². The molecule has 108 valence electrons. The van der Waals surface area contributed by atoms with Gasteiger partial charge in [0.15, 0.2) is 0 Å². The lowest BCUT2D eigenvalue weighted by molar-refractivity contribution is 0.0956. The number of amides is 1. The van der Waals surface area contributed by atoms with Crippen molar-refractivity contribution >= 4 is 21.8 Å². The van der Waals surface area contributed by atoms with Crippen LogP contribution < -0.4 is 5.32 Å². The smallest absolute Gasteiger partial charge is 0.251 e. The lowest BCUT2D eigenvalue weighted by atomic mass is 9.97.